The molecule has 0 aliphatic carbocycles. The maximum absolute atomic E-state index is 12.2. The van der Waals surface area contributed by atoms with Gasteiger partial charge in [0.15, 0.2) is 0 Å². The van der Waals surface area contributed by atoms with E-state index < -0.39 is 0 Å². The Morgan fingerprint density at radius 1 is 1.21 bits per heavy atom. The van der Waals surface area contributed by atoms with E-state index in [0.717, 1.165) is 38.3 Å². The molecule has 1 aromatic heterocycles. The van der Waals surface area contributed by atoms with Gasteiger partial charge in [-0.2, -0.15) is 0 Å². The van der Waals surface area contributed by atoms with Crippen molar-refractivity contribution >= 4 is 11.6 Å². The minimum atomic E-state index is 0.00485. The van der Waals surface area contributed by atoms with Crippen molar-refractivity contribution < 1.29 is 4.79 Å². The third kappa shape index (κ3) is 4.32. The Kier molecular flexibility index (Phi) is 5.43. The molecule has 1 saturated heterocycles. The molecule has 1 fully saturated rings. The van der Waals surface area contributed by atoms with E-state index in [1.807, 2.05) is 43.7 Å². The fraction of sp³-hybridized carbons (Fsp3) is 0.368. The van der Waals surface area contributed by atoms with Gasteiger partial charge in [-0.15, -0.1) is 0 Å². The molecule has 1 aliphatic rings. The number of nitrogens with one attached hydrogen (secondary N) is 2. The van der Waals surface area contributed by atoms with Crippen LogP contribution in [0.1, 0.15) is 22.3 Å². The zero-order chi connectivity index (χ0) is 16.8. The van der Waals surface area contributed by atoms with Crippen molar-refractivity contribution in [1.29, 1.82) is 0 Å². The van der Waals surface area contributed by atoms with E-state index in [-0.39, 0.29) is 5.91 Å². The number of carbonyl (C=O) groups is 1. The number of nitrogens with zero attached hydrogens (tertiary/aromatic N) is 2. The SMILES string of the molecule is CNc1ccc(C(=O)NC[C@H]2CCN(Cc3ccncc3)C2)cc1. The lowest BCUT2D eigenvalue weighted by molar-refractivity contribution is 0.0947. The Bertz CT molecular complexity index is 657. The van der Waals surface area contributed by atoms with Crippen molar-refractivity contribution in [3.8, 4) is 0 Å². The standard InChI is InChI=1S/C19H24N4O/c1-20-18-4-2-17(3-5-18)19(24)22-12-16-8-11-23(14-16)13-15-6-9-21-10-7-15/h2-7,9-10,16,20H,8,11-14H2,1H3,(H,22,24)/t16-/m1/s1. The van der Waals surface area contributed by atoms with Crippen molar-refractivity contribution in [2.24, 2.45) is 5.92 Å². The van der Waals surface area contributed by atoms with E-state index in [0.29, 0.717) is 11.5 Å². The first-order valence-corrected chi connectivity index (χ1v) is 8.42. The molecule has 126 valence electrons. The van der Waals surface area contributed by atoms with Crippen LogP contribution in [-0.2, 0) is 6.54 Å². The van der Waals surface area contributed by atoms with Crippen LogP contribution in [0.4, 0.5) is 5.69 Å². The molecule has 0 unspecified atom stereocenters. The first-order valence-electron chi connectivity index (χ1n) is 8.42. The summed E-state index contributed by atoms with van der Waals surface area (Å²) in [7, 11) is 1.87. The molecule has 5 heteroatoms. The number of hydrogen-bond acceptors (Lipinski definition) is 4. The third-order valence-electron chi connectivity index (χ3n) is 4.51. The number of carbonyl (C=O) groups excluding carboxylic acids is 1. The van der Waals surface area contributed by atoms with E-state index in [9.17, 15) is 4.79 Å². The number of hydrogen-bond donors (Lipinski definition) is 2. The fourth-order valence-corrected chi connectivity index (χ4v) is 3.10. The van der Waals surface area contributed by atoms with Crippen molar-refractivity contribution in [1.82, 2.24) is 15.2 Å². The summed E-state index contributed by atoms with van der Waals surface area (Å²) in [6.45, 7) is 3.80. The van der Waals surface area contributed by atoms with Gasteiger partial charge < -0.3 is 10.6 Å². The summed E-state index contributed by atoms with van der Waals surface area (Å²) in [6.07, 6.45) is 4.80. The predicted octanol–water partition coefficient (Wildman–Crippen LogP) is 2.38. The third-order valence-corrected chi connectivity index (χ3v) is 4.51. The first kappa shape index (κ1) is 16.5. The van der Waals surface area contributed by atoms with Crippen LogP contribution in [-0.4, -0.2) is 42.5 Å². The normalized spacial score (nSPS) is 17.6. The molecule has 2 N–H and O–H groups in total. The molecular formula is C19H24N4O. The number of anilines is 1. The van der Waals surface area contributed by atoms with Crippen molar-refractivity contribution in [3.05, 3.63) is 59.9 Å². The summed E-state index contributed by atoms with van der Waals surface area (Å²) in [5.41, 5.74) is 3.01. The highest BCUT2D eigenvalue weighted by molar-refractivity contribution is 5.94. The van der Waals surface area contributed by atoms with Crippen LogP contribution in [0.2, 0.25) is 0 Å². The van der Waals surface area contributed by atoms with E-state index in [1.54, 1.807) is 0 Å². The molecule has 3 rings (SSSR count). The number of aromatic nitrogens is 1. The van der Waals surface area contributed by atoms with Crippen LogP contribution >= 0.6 is 0 Å². The minimum Gasteiger partial charge on any atom is -0.388 e. The van der Waals surface area contributed by atoms with Crippen LogP contribution in [0.25, 0.3) is 0 Å². The number of likely N-dealkylation sites (tertiary alicyclic amines) is 1. The van der Waals surface area contributed by atoms with E-state index in [2.05, 4.69) is 32.7 Å². The Morgan fingerprint density at radius 2 is 1.96 bits per heavy atom. The van der Waals surface area contributed by atoms with Crippen LogP contribution in [0.5, 0.6) is 0 Å². The lowest BCUT2D eigenvalue weighted by atomic mass is 10.1. The highest BCUT2D eigenvalue weighted by Gasteiger charge is 2.22. The second-order valence-corrected chi connectivity index (χ2v) is 6.28. The molecule has 2 aromatic rings. The van der Waals surface area contributed by atoms with Gasteiger partial charge in [0.2, 0.25) is 0 Å². The molecule has 0 saturated carbocycles. The highest BCUT2D eigenvalue weighted by atomic mass is 16.1. The minimum absolute atomic E-state index is 0.00485. The van der Waals surface area contributed by atoms with Gasteiger partial charge in [-0.3, -0.25) is 14.7 Å². The zero-order valence-electron chi connectivity index (χ0n) is 14.0. The smallest absolute Gasteiger partial charge is 0.251 e. The summed E-state index contributed by atoms with van der Waals surface area (Å²) < 4.78 is 0. The highest BCUT2D eigenvalue weighted by Crippen LogP contribution is 2.18. The molecule has 1 aliphatic heterocycles. The summed E-state index contributed by atoms with van der Waals surface area (Å²) >= 11 is 0. The molecule has 1 amide bonds. The molecule has 0 radical (unpaired) electrons. The van der Waals surface area contributed by atoms with Crippen LogP contribution in [0, 0.1) is 5.92 Å². The maximum Gasteiger partial charge on any atom is 0.251 e. The van der Waals surface area contributed by atoms with Gasteiger partial charge in [0.1, 0.15) is 0 Å². The van der Waals surface area contributed by atoms with E-state index >= 15 is 0 Å². The van der Waals surface area contributed by atoms with Gasteiger partial charge in [0.25, 0.3) is 5.91 Å². The molecule has 1 aromatic carbocycles. The Morgan fingerprint density at radius 3 is 2.67 bits per heavy atom. The van der Waals surface area contributed by atoms with E-state index in [4.69, 9.17) is 0 Å². The quantitative estimate of drug-likeness (QED) is 0.856. The number of pyridine rings is 1. The number of rotatable bonds is 6. The summed E-state index contributed by atoms with van der Waals surface area (Å²) in [6, 6.07) is 11.7. The van der Waals surface area contributed by atoms with Crippen LogP contribution < -0.4 is 10.6 Å². The molecule has 2 heterocycles. The van der Waals surface area contributed by atoms with Gasteiger partial charge in [0.05, 0.1) is 0 Å². The lowest BCUT2D eigenvalue weighted by Gasteiger charge is -2.16. The molecule has 5 nitrogen and oxygen atoms in total. The van der Waals surface area contributed by atoms with Gasteiger partial charge in [0, 0.05) is 50.3 Å². The van der Waals surface area contributed by atoms with Gasteiger partial charge in [-0.25, -0.2) is 0 Å². The lowest BCUT2D eigenvalue weighted by Crippen LogP contribution is -2.30. The molecule has 0 spiro atoms. The monoisotopic (exact) mass is 324 g/mol. The van der Waals surface area contributed by atoms with Crippen molar-refractivity contribution in [2.45, 2.75) is 13.0 Å². The van der Waals surface area contributed by atoms with Crippen LogP contribution in [0.15, 0.2) is 48.8 Å². The van der Waals surface area contributed by atoms with Crippen molar-refractivity contribution in [3.63, 3.8) is 0 Å². The predicted molar refractivity (Wildman–Crippen MR) is 95.9 cm³/mol. The zero-order valence-corrected chi connectivity index (χ0v) is 14.0. The van der Waals surface area contributed by atoms with E-state index in [1.165, 1.54) is 5.56 Å². The Hall–Kier alpha value is -2.40. The summed E-state index contributed by atoms with van der Waals surface area (Å²) in [4.78, 5) is 18.7. The fourth-order valence-electron chi connectivity index (χ4n) is 3.10. The Labute approximate surface area is 143 Å². The van der Waals surface area contributed by atoms with Crippen LogP contribution in [0.3, 0.4) is 0 Å². The molecular weight excluding hydrogens is 300 g/mol. The summed E-state index contributed by atoms with van der Waals surface area (Å²) in [5.74, 6) is 0.526. The number of benzene rings is 1. The van der Waals surface area contributed by atoms with Gasteiger partial charge in [-0.1, -0.05) is 0 Å². The van der Waals surface area contributed by atoms with Crippen molar-refractivity contribution in [2.75, 3.05) is 32.0 Å². The molecule has 24 heavy (non-hydrogen) atoms. The van der Waals surface area contributed by atoms with Gasteiger partial charge >= 0.3 is 0 Å². The topological polar surface area (TPSA) is 57.3 Å². The number of amides is 1. The summed E-state index contributed by atoms with van der Waals surface area (Å²) in [5, 5.41) is 6.12. The average molecular weight is 324 g/mol. The van der Waals surface area contributed by atoms with Gasteiger partial charge in [-0.05, 0) is 60.8 Å². The average Bonchev–Trinajstić information content (AvgIpc) is 3.08. The molecule has 0 bridgehead atoms. The maximum atomic E-state index is 12.2. The second-order valence-electron chi connectivity index (χ2n) is 6.28. The first-order chi connectivity index (χ1) is 11.7. The largest absolute Gasteiger partial charge is 0.388 e. The second kappa shape index (κ2) is 7.93. The molecule has 1 atom stereocenters. The Balaban J connectivity index is 1.44.